The van der Waals surface area contributed by atoms with E-state index in [0.29, 0.717) is 0 Å². The van der Waals surface area contributed by atoms with Crippen LogP contribution in [0.2, 0.25) is 0 Å². The molecule has 0 radical (unpaired) electrons. The van der Waals surface area contributed by atoms with Crippen LogP contribution in [-0.2, 0) is 18.9 Å². The highest BCUT2D eigenvalue weighted by atomic mass is 31.2. The van der Waals surface area contributed by atoms with Crippen molar-refractivity contribution >= 4 is 24.8 Å². The first-order valence-corrected chi connectivity index (χ1v) is 7.80. The Morgan fingerprint density at radius 1 is 1.30 bits per heavy atom. The first-order valence-electron chi connectivity index (χ1n) is 5.96. The number of carbonyl (C=O) groups is 3. The molecule has 0 aromatic heterocycles. The molecule has 0 aliphatic heterocycles. The van der Waals surface area contributed by atoms with Gasteiger partial charge in [0.25, 0.3) is 13.3 Å². The van der Waals surface area contributed by atoms with Crippen molar-refractivity contribution in [3.8, 4) is 0 Å². The molecule has 0 bridgehead atoms. The van der Waals surface area contributed by atoms with Crippen molar-refractivity contribution in [1.29, 1.82) is 0 Å². The Kier molecular flexibility index (Phi) is 7.59. The van der Waals surface area contributed by atoms with Gasteiger partial charge in [-0.05, 0) is 6.42 Å². The van der Waals surface area contributed by atoms with Crippen molar-refractivity contribution < 1.29 is 34.2 Å². The Hall–Kier alpha value is -1.28. The summed E-state index contributed by atoms with van der Waals surface area (Å²) in [6, 6.07) is 0. The van der Waals surface area contributed by atoms with Crippen molar-refractivity contribution in [1.82, 2.24) is 10.4 Å². The maximum atomic E-state index is 11.5. The zero-order valence-corrected chi connectivity index (χ0v) is 12.2. The molecule has 0 saturated heterocycles. The van der Waals surface area contributed by atoms with E-state index in [-0.39, 0.29) is 17.6 Å². The second-order valence-corrected chi connectivity index (χ2v) is 6.57. The highest BCUT2D eigenvalue weighted by Gasteiger charge is 2.29. The molecule has 0 aliphatic carbocycles. The molecule has 0 saturated carbocycles. The van der Waals surface area contributed by atoms with Crippen molar-refractivity contribution in [3.05, 3.63) is 0 Å². The molecular formula is C10H19N2O7P. The number of carboxylic acids is 1. The molecule has 2 unspecified atom stereocenters. The maximum Gasteiger partial charge on any atom is 0.316 e. The van der Waals surface area contributed by atoms with Crippen LogP contribution in [0, 0.1) is 5.92 Å². The Morgan fingerprint density at radius 3 is 2.25 bits per heavy atom. The number of carbonyl (C=O) groups excluding carboxylic acids is 2. The zero-order chi connectivity index (χ0) is 15.9. The fourth-order valence-corrected chi connectivity index (χ4v) is 1.99. The minimum atomic E-state index is -3.87. The zero-order valence-electron chi connectivity index (χ0n) is 11.3. The predicted octanol–water partition coefficient (Wildman–Crippen LogP) is -0.321. The van der Waals surface area contributed by atoms with E-state index in [1.165, 1.54) is 13.8 Å². The lowest BCUT2D eigenvalue weighted by atomic mass is 10.1. The van der Waals surface area contributed by atoms with E-state index in [1.807, 2.05) is 0 Å². The molecule has 4 N–H and O–H groups in total. The molecule has 0 aromatic carbocycles. The Balaban J connectivity index is 4.34. The van der Waals surface area contributed by atoms with Gasteiger partial charge in [-0.2, -0.15) is 0 Å². The molecule has 0 fully saturated rings. The normalized spacial score (nSPS) is 15.2. The summed E-state index contributed by atoms with van der Waals surface area (Å²) in [6.07, 6.45) is -0.196. The van der Waals surface area contributed by atoms with Crippen LogP contribution < -0.4 is 5.32 Å². The summed E-state index contributed by atoms with van der Waals surface area (Å²) in [4.78, 5) is 42.7. The minimum Gasteiger partial charge on any atom is -0.481 e. The third-order valence-corrected chi connectivity index (χ3v) is 4.41. The van der Waals surface area contributed by atoms with Gasteiger partial charge < -0.3 is 10.00 Å². The first-order chi connectivity index (χ1) is 9.17. The standard InChI is InChI=1S/C10H19N2O7P/c1-3-7(10(15)16)9(14)12(17)6-11-5-8(13)20(18,19)4-2/h7,11,17H,3-6H2,1-2H3,(H,15,16)(H,18,19). The molecule has 0 rings (SSSR count). The van der Waals surface area contributed by atoms with E-state index in [1.54, 1.807) is 0 Å². The Labute approximate surface area is 116 Å². The Morgan fingerprint density at radius 2 is 1.85 bits per heavy atom. The molecule has 0 spiro atoms. The Bertz CT molecular complexity index is 426. The number of amides is 1. The summed E-state index contributed by atoms with van der Waals surface area (Å²) in [7, 11) is -3.87. The highest BCUT2D eigenvalue weighted by Crippen LogP contribution is 2.40. The summed E-state index contributed by atoms with van der Waals surface area (Å²) in [5.41, 5.74) is -0.925. The van der Waals surface area contributed by atoms with E-state index in [0.717, 1.165) is 0 Å². The molecule has 0 aliphatic rings. The van der Waals surface area contributed by atoms with Crippen LogP contribution in [0.15, 0.2) is 0 Å². The highest BCUT2D eigenvalue weighted by molar-refractivity contribution is 7.75. The molecule has 1 amide bonds. The van der Waals surface area contributed by atoms with E-state index in [9.17, 15) is 29.0 Å². The average Bonchev–Trinajstić information content (AvgIpc) is 2.38. The number of aliphatic carboxylic acids is 1. The van der Waals surface area contributed by atoms with Crippen LogP contribution >= 0.6 is 7.37 Å². The number of carboxylic acid groups (broad SMARTS) is 1. The fraction of sp³-hybridized carbons (Fsp3) is 0.700. The summed E-state index contributed by atoms with van der Waals surface area (Å²) >= 11 is 0. The minimum absolute atomic E-state index is 0.00579. The lowest BCUT2D eigenvalue weighted by Gasteiger charge is -2.19. The quantitative estimate of drug-likeness (QED) is 0.149. The number of nitrogens with zero attached hydrogens (tertiary/aromatic N) is 1. The van der Waals surface area contributed by atoms with Crippen LogP contribution in [0.3, 0.4) is 0 Å². The van der Waals surface area contributed by atoms with Gasteiger partial charge in [0.05, 0.1) is 13.2 Å². The average molecular weight is 310 g/mol. The van der Waals surface area contributed by atoms with Crippen LogP contribution in [-0.4, -0.2) is 57.0 Å². The van der Waals surface area contributed by atoms with Gasteiger partial charge in [0.2, 0.25) is 5.52 Å². The largest absolute Gasteiger partial charge is 0.481 e. The number of hydrogen-bond acceptors (Lipinski definition) is 6. The van der Waals surface area contributed by atoms with Gasteiger partial charge in [0.15, 0.2) is 0 Å². The van der Waals surface area contributed by atoms with E-state index < -0.39 is 43.9 Å². The summed E-state index contributed by atoms with van der Waals surface area (Å²) in [5.74, 6) is -3.77. The molecule has 116 valence electrons. The molecule has 0 heterocycles. The first kappa shape index (κ1) is 18.7. The number of hydrogen-bond donors (Lipinski definition) is 4. The monoisotopic (exact) mass is 310 g/mol. The van der Waals surface area contributed by atoms with Crippen molar-refractivity contribution in [3.63, 3.8) is 0 Å². The molecule has 10 heteroatoms. The second kappa shape index (κ2) is 8.11. The third-order valence-electron chi connectivity index (χ3n) is 2.61. The van der Waals surface area contributed by atoms with Crippen molar-refractivity contribution in [2.24, 2.45) is 5.92 Å². The third kappa shape index (κ3) is 5.38. The van der Waals surface area contributed by atoms with Gasteiger partial charge in [0, 0.05) is 6.16 Å². The van der Waals surface area contributed by atoms with E-state index in [2.05, 4.69) is 5.32 Å². The van der Waals surface area contributed by atoms with Gasteiger partial charge in [-0.3, -0.25) is 29.5 Å². The predicted molar refractivity (Wildman–Crippen MR) is 68.3 cm³/mol. The number of hydroxylamine groups is 2. The molecule has 20 heavy (non-hydrogen) atoms. The second-order valence-electron chi connectivity index (χ2n) is 4.03. The van der Waals surface area contributed by atoms with Crippen LogP contribution in [0.1, 0.15) is 20.3 Å². The lowest BCUT2D eigenvalue weighted by Crippen LogP contribution is -2.43. The van der Waals surface area contributed by atoms with Crippen molar-refractivity contribution in [2.75, 3.05) is 19.4 Å². The fourth-order valence-electron chi connectivity index (χ4n) is 1.28. The smallest absolute Gasteiger partial charge is 0.316 e. The topological polar surface area (TPSA) is 144 Å². The van der Waals surface area contributed by atoms with Gasteiger partial charge in [-0.25, -0.2) is 5.06 Å². The van der Waals surface area contributed by atoms with Crippen LogP contribution in [0.4, 0.5) is 0 Å². The summed E-state index contributed by atoms with van der Waals surface area (Å²) < 4.78 is 11.3. The van der Waals surface area contributed by atoms with Crippen molar-refractivity contribution in [2.45, 2.75) is 20.3 Å². The van der Waals surface area contributed by atoms with Gasteiger partial charge in [-0.1, -0.05) is 13.8 Å². The molecular weight excluding hydrogens is 291 g/mol. The summed E-state index contributed by atoms with van der Waals surface area (Å²) in [5, 5.41) is 20.5. The van der Waals surface area contributed by atoms with Crippen LogP contribution in [0.25, 0.3) is 0 Å². The van der Waals surface area contributed by atoms with Gasteiger partial charge in [0.1, 0.15) is 5.92 Å². The van der Waals surface area contributed by atoms with Crippen LogP contribution in [0.5, 0.6) is 0 Å². The molecule has 9 nitrogen and oxygen atoms in total. The number of rotatable bonds is 9. The maximum absolute atomic E-state index is 11.5. The van der Waals surface area contributed by atoms with Gasteiger partial charge in [-0.15, -0.1) is 0 Å². The van der Waals surface area contributed by atoms with E-state index in [4.69, 9.17) is 5.11 Å². The molecule has 2 atom stereocenters. The number of nitrogens with one attached hydrogen (secondary N) is 1. The lowest BCUT2D eigenvalue weighted by molar-refractivity contribution is -0.176. The van der Waals surface area contributed by atoms with Gasteiger partial charge >= 0.3 is 5.97 Å². The summed E-state index contributed by atoms with van der Waals surface area (Å²) in [6.45, 7) is 1.85. The SMILES string of the molecule is CCC(C(=O)O)C(=O)N(O)CNCC(=O)P(=O)(O)CC. The molecule has 0 aromatic rings. The van der Waals surface area contributed by atoms with E-state index >= 15 is 0 Å².